The fraction of sp³-hybridized carbons (Fsp3) is 0.0370. The summed E-state index contributed by atoms with van der Waals surface area (Å²) in [6, 6.07) is 35.6. The lowest BCUT2D eigenvalue weighted by Crippen LogP contribution is -2.72. The molecule has 5 aromatic rings. The van der Waals surface area contributed by atoms with Crippen molar-refractivity contribution < 1.29 is 4.39 Å². The van der Waals surface area contributed by atoms with Crippen molar-refractivity contribution in [2.24, 2.45) is 7.05 Å². The van der Waals surface area contributed by atoms with Crippen LogP contribution in [0.1, 0.15) is 0 Å². The van der Waals surface area contributed by atoms with E-state index in [1.54, 1.807) is 12.1 Å². The van der Waals surface area contributed by atoms with E-state index in [2.05, 4.69) is 96.5 Å². The van der Waals surface area contributed by atoms with Gasteiger partial charge in [0, 0.05) is 29.2 Å². The average molecular weight is 406 g/mol. The van der Waals surface area contributed by atoms with Crippen LogP contribution in [0.25, 0.3) is 22.2 Å². The van der Waals surface area contributed by atoms with Crippen molar-refractivity contribution >= 4 is 39.7 Å². The maximum Gasteiger partial charge on any atom is 0.183 e. The van der Waals surface area contributed by atoms with E-state index in [1.807, 2.05) is 6.07 Å². The highest BCUT2D eigenvalue weighted by molar-refractivity contribution is 7.23. The first-order valence-corrected chi connectivity index (χ1v) is 12.2. The van der Waals surface area contributed by atoms with Crippen LogP contribution >= 0.6 is 0 Å². The van der Waals surface area contributed by atoms with Crippen molar-refractivity contribution in [3.05, 3.63) is 109 Å². The van der Waals surface area contributed by atoms with Gasteiger partial charge < -0.3 is 4.57 Å². The van der Waals surface area contributed by atoms with Crippen molar-refractivity contribution in [2.45, 2.75) is 0 Å². The largest absolute Gasteiger partial charge is 0.344 e. The zero-order chi connectivity index (χ0) is 20.3. The monoisotopic (exact) mass is 405 g/mol. The molecule has 0 spiro atoms. The molecule has 0 amide bonds. The van der Waals surface area contributed by atoms with Gasteiger partial charge >= 0.3 is 0 Å². The highest BCUT2D eigenvalue weighted by Crippen LogP contribution is 2.34. The Bertz CT molecular complexity index is 1360. The molecule has 144 valence electrons. The number of benzene rings is 4. The number of aryl methyl sites for hydroxylation is 1. The Morgan fingerprint density at radius 3 is 1.97 bits per heavy atom. The smallest absolute Gasteiger partial charge is 0.183 e. The lowest BCUT2D eigenvalue weighted by atomic mass is 10.1. The van der Waals surface area contributed by atoms with Gasteiger partial charge in [0.15, 0.2) is 8.07 Å². The molecule has 0 N–H and O–H groups in total. The molecular weight excluding hydrogens is 385 g/mol. The molecular formula is C27H20FNSi. The number of aromatic nitrogens is 1. The molecule has 1 aliphatic heterocycles. The van der Waals surface area contributed by atoms with Crippen molar-refractivity contribution in [3.63, 3.8) is 0 Å². The topological polar surface area (TPSA) is 4.93 Å². The SMILES string of the molecule is Cn1c2c(c3ccccc31)[Si](c1ccccc1)(c1ccccc1)c1ccc(F)cc1-2. The number of hydrogen-bond donors (Lipinski definition) is 0. The molecule has 0 fully saturated rings. The fourth-order valence-corrected chi connectivity index (χ4v) is 10.8. The summed E-state index contributed by atoms with van der Waals surface area (Å²) in [7, 11) is -0.472. The zero-order valence-corrected chi connectivity index (χ0v) is 17.6. The molecule has 0 aliphatic carbocycles. The molecule has 3 heteroatoms. The highest BCUT2D eigenvalue weighted by atomic mass is 28.3. The van der Waals surface area contributed by atoms with Gasteiger partial charge in [-0.3, -0.25) is 0 Å². The molecule has 4 aromatic carbocycles. The Kier molecular flexibility index (Phi) is 3.65. The lowest BCUT2D eigenvalue weighted by Gasteiger charge is -2.31. The molecule has 0 saturated carbocycles. The summed E-state index contributed by atoms with van der Waals surface area (Å²) < 4.78 is 16.8. The number of para-hydroxylation sites is 1. The predicted molar refractivity (Wildman–Crippen MR) is 125 cm³/mol. The summed E-state index contributed by atoms with van der Waals surface area (Å²) in [6.45, 7) is 0. The van der Waals surface area contributed by atoms with Crippen LogP contribution < -0.4 is 20.7 Å². The Balaban J connectivity index is 1.90. The van der Waals surface area contributed by atoms with E-state index in [4.69, 9.17) is 0 Å². The third-order valence-corrected chi connectivity index (χ3v) is 11.4. The van der Waals surface area contributed by atoms with Crippen molar-refractivity contribution in [2.75, 3.05) is 0 Å². The van der Waals surface area contributed by atoms with Crippen LogP contribution in [-0.4, -0.2) is 12.6 Å². The molecule has 0 saturated heterocycles. The quantitative estimate of drug-likeness (QED) is 0.388. The van der Waals surface area contributed by atoms with E-state index in [0.29, 0.717) is 0 Å². The van der Waals surface area contributed by atoms with Crippen molar-refractivity contribution in [3.8, 4) is 11.3 Å². The van der Waals surface area contributed by atoms with E-state index < -0.39 is 8.07 Å². The van der Waals surface area contributed by atoms with Crippen LogP contribution in [0.5, 0.6) is 0 Å². The van der Waals surface area contributed by atoms with Gasteiger partial charge in [0.1, 0.15) is 5.82 Å². The summed E-state index contributed by atoms with van der Waals surface area (Å²) in [5.74, 6) is -0.184. The average Bonchev–Trinajstić information content (AvgIpc) is 3.26. The molecule has 2 heterocycles. The van der Waals surface area contributed by atoms with Gasteiger partial charge in [0.2, 0.25) is 0 Å². The second kappa shape index (κ2) is 6.28. The fourth-order valence-electron chi connectivity index (χ4n) is 5.40. The second-order valence-electron chi connectivity index (χ2n) is 7.97. The summed E-state index contributed by atoms with van der Waals surface area (Å²) >= 11 is 0. The Hall–Kier alpha value is -3.43. The van der Waals surface area contributed by atoms with Gasteiger partial charge in [-0.15, -0.1) is 0 Å². The first-order chi connectivity index (χ1) is 14.7. The number of rotatable bonds is 2. The first-order valence-electron chi connectivity index (χ1n) is 10.2. The molecule has 30 heavy (non-hydrogen) atoms. The molecule has 1 nitrogen and oxygen atoms in total. The highest BCUT2D eigenvalue weighted by Gasteiger charge is 2.51. The summed E-state index contributed by atoms with van der Waals surface area (Å²) in [5, 5.41) is 6.58. The molecule has 0 unspecified atom stereocenters. The van der Waals surface area contributed by atoms with Crippen molar-refractivity contribution in [1.29, 1.82) is 0 Å². The Labute approximate surface area is 176 Å². The van der Waals surface area contributed by atoms with Crippen LogP contribution in [-0.2, 0) is 7.05 Å². The first kappa shape index (κ1) is 17.4. The van der Waals surface area contributed by atoms with Crippen LogP contribution in [0.15, 0.2) is 103 Å². The van der Waals surface area contributed by atoms with Gasteiger partial charge in [-0.05, 0) is 38.9 Å². The van der Waals surface area contributed by atoms with E-state index in [9.17, 15) is 4.39 Å². The number of hydrogen-bond acceptors (Lipinski definition) is 0. The van der Waals surface area contributed by atoms with Gasteiger partial charge in [0.05, 0.1) is 0 Å². The Morgan fingerprint density at radius 1 is 0.700 bits per heavy atom. The van der Waals surface area contributed by atoms with Crippen LogP contribution in [0.4, 0.5) is 4.39 Å². The van der Waals surface area contributed by atoms with E-state index in [1.165, 1.54) is 31.6 Å². The molecule has 0 atom stereocenters. The summed E-state index contributed by atoms with van der Waals surface area (Å²) in [5.41, 5.74) is 3.38. The summed E-state index contributed by atoms with van der Waals surface area (Å²) in [6.07, 6.45) is 0. The third kappa shape index (κ3) is 2.10. The molecule has 1 aromatic heterocycles. The number of fused-ring (bicyclic) bond motifs is 5. The second-order valence-corrected chi connectivity index (χ2v) is 11.7. The molecule has 6 rings (SSSR count). The summed E-state index contributed by atoms with van der Waals surface area (Å²) in [4.78, 5) is 0. The normalized spacial score (nSPS) is 13.9. The number of nitrogens with zero attached hydrogens (tertiary/aromatic N) is 1. The maximum absolute atomic E-state index is 14.5. The minimum atomic E-state index is -2.58. The zero-order valence-electron chi connectivity index (χ0n) is 16.6. The number of halogens is 1. The maximum atomic E-state index is 14.5. The molecule has 0 radical (unpaired) electrons. The third-order valence-electron chi connectivity index (χ3n) is 6.54. The van der Waals surface area contributed by atoms with Crippen LogP contribution in [0, 0.1) is 5.82 Å². The lowest BCUT2D eigenvalue weighted by molar-refractivity contribution is 0.628. The van der Waals surface area contributed by atoms with Gasteiger partial charge in [-0.25, -0.2) is 4.39 Å². The van der Waals surface area contributed by atoms with E-state index >= 15 is 0 Å². The minimum absolute atomic E-state index is 0.184. The van der Waals surface area contributed by atoms with Gasteiger partial charge in [-0.2, -0.15) is 0 Å². The predicted octanol–water partition coefficient (Wildman–Crippen LogP) is 3.68. The molecule has 1 aliphatic rings. The van der Waals surface area contributed by atoms with E-state index in [0.717, 1.165) is 11.3 Å². The Morgan fingerprint density at radius 2 is 1.30 bits per heavy atom. The van der Waals surface area contributed by atoms with Crippen molar-refractivity contribution in [1.82, 2.24) is 4.57 Å². The van der Waals surface area contributed by atoms with E-state index in [-0.39, 0.29) is 5.82 Å². The van der Waals surface area contributed by atoms with Crippen LogP contribution in [0.2, 0.25) is 0 Å². The van der Waals surface area contributed by atoms with Gasteiger partial charge in [-0.1, -0.05) is 84.9 Å². The standard InChI is InChI=1S/C27H20FNSi/c1-29-24-15-9-8-14-22(24)27-26(29)23-18-19(28)16-17-25(23)30(27,20-10-4-2-5-11-20)21-12-6-3-7-13-21/h2-18H,1H3. The molecule has 0 bridgehead atoms. The minimum Gasteiger partial charge on any atom is -0.344 e. The van der Waals surface area contributed by atoms with Crippen LogP contribution in [0.3, 0.4) is 0 Å². The van der Waals surface area contributed by atoms with Gasteiger partial charge in [0.25, 0.3) is 0 Å².